The number of nitrogens with zero attached hydrogens (tertiary/aromatic N) is 1. The van der Waals surface area contributed by atoms with E-state index in [2.05, 4.69) is 11.8 Å². The monoisotopic (exact) mass is 400 g/mol. The quantitative estimate of drug-likeness (QED) is 0.118. The molecule has 3 N–H and O–H groups in total. The number of quaternary nitrogens is 1. The average molecular weight is 400 g/mol. The van der Waals surface area contributed by atoms with Gasteiger partial charge in [-0.15, -0.1) is 0 Å². The number of phosphoric ester groups is 1. The fourth-order valence-electron chi connectivity index (χ4n) is 2.24. The van der Waals surface area contributed by atoms with Gasteiger partial charge in [0.2, 0.25) is 0 Å². The molecule has 2 unspecified atom stereocenters. The number of likely N-dealkylation sites (N-methyl/N-ethyl adjacent to an activating group) is 1. The van der Waals surface area contributed by atoms with Crippen LogP contribution in [0, 0.1) is 0 Å². The van der Waals surface area contributed by atoms with E-state index < -0.39 is 33.2 Å². The number of aliphatic hydroxyl groups excluding tert-OH is 1. The molecule has 0 aliphatic heterocycles. The summed E-state index contributed by atoms with van der Waals surface area (Å²) < 4.78 is 22.3. The van der Waals surface area contributed by atoms with Gasteiger partial charge < -0.3 is 14.5 Å². The smallest absolute Gasteiger partial charge is 0.393 e. The van der Waals surface area contributed by atoms with Crippen molar-refractivity contribution in [3.8, 4) is 0 Å². The van der Waals surface area contributed by atoms with Gasteiger partial charge in [-0.25, -0.2) is 9.45 Å². The molecule has 0 aliphatic carbocycles. The molecule has 0 aromatic carbocycles. The van der Waals surface area contributed by atoms with Gasteiger partial charge in [0.25, 0.3) is 0 Å². The Morgan fingerprint density at radius 2 is 1.77 bits per heavy atom. The van der Waals surface area contributed by atoms with E-state index in [1.54, 1.807) is 0 Å². The second-order valence-electron chi connectivity index (χ2n) is 7.37. The third kappa shape index (κ3) is 12.9. The van der Waals surface area contributed by atoms with Crippen LogP contribution in [-0.2, 0) is 23.3 Å². The highest BCUT2D eigenvalue weighted by Gasteiger charge is 2.35. The molecule has 0 heterocycles. The van der Waals surface area contributed by atoms with Crippen LogP contribution in [0.4, 0.5) is 0 Å². The van der Waals surface area contributed by atoms with E-state index in [-0.39, 0.29) is 18.7 Å². The van der Waals surface area contributed by atoms with Gasteiger partial charge in [0, 0.05) is 6.42 Å². The number of aliphatic hydroxyl groups is 1. The third-order valence-electron chi connectivity index (χ3n) is 3.64. The maximum atomic E-state index is 12.5. The van der Waals surface area contributed by atoms with Gasteiger partial charge in [0.15, 0.2) is 11.9 Å². The molecule has 0 aromatic heterocycles. The predicted octanol–water partition coefficient (Wildman–Crippen LogP) is 1.97. The first kappa shape index (κ1) is 25.6. The highest BCUT2D eigenvalue weighted by molar-refractivity contribution is 7.47. The van der Waals surface area contributed by atoms with Crippen LogP contribution < -0.4 is 0 Å². The molecule has 26 heavy (non-hydrogen) atoms. The molecule has 0 aliphatic rings. The fraction of sp³-hybridized carbons (Fsp3) is 0.938. The minimum atomic E-state index is -4.55. The van der Waals surface area contributed by atoms with Crippen molar-refractivity contribution in [2.45, 2.75) is 57.7 Å². The summed E-state index contributed by atoms with van der Waals surface area (Å²) in [5.74, 6) is -0.246. The van der Waals surface area contributed by atoms with Crippen molar-refractivity contribution in [1.29, 1.82) is 0 Å². The van der Waals surface area contributed by atoms with Crippen molar-refractivity contribution in [2.75, 3.05) is 40.9 Å². The van der Waals surface area contributed by atoms with Gasteiger partial charge in [-0.2, -0.15) is 0 Å². The van der Waals surface area contributed by atoms with Crippen molar-refractivity contribution in [1.82, 2.24) is 0 Å². The molecule has 9 nitrogen and oxygen atoms in total. The first-order valence-corrected chi connectivity index (χ1v) is 10.4. The maximum absolute atomic E-state index is 12.5. The molecule has 3 atom stereocenters. The number of unbranched alkanes of at least 4 members (excludes halogenated alkanes) is 4. The third-order valence-corrected chi connectivity index (χ3v) is 4.63. The molecule has 0 saturated heterocycles. The topological polar surface area (TPSA) is 123 Å². The van der Waals surface area contributed by atoms with E-state index in [0.717, 1.165) is 25.7 Å². The van der Waals surface area contributed by atoms with Crippen LogP contribution in [0.25, 0.3) is 0 Å². The Morgan fingerprint density at radius 3 is 2.27 bits per heavy atom. The van der Waals surface area contributed by atoms with Crippen LogP contribution in [0.15, 0.2) is 0 Å². The SMILES string of the molecule is CCCCCCCC(=O)C(C[N+](C)(C)C)OP(=O)(O)OC[C@@H](CO)OO. The molecule has 10 heteroatoms. The summed E-state index contributed by atoms with van der Waals surface area (Å²) in [7, 11) is 0.976. The van der Waals surface area contributed by atoms with Gasteiger partial charge in [0.05, 0.1) is 34.4 Å². The normalized spacial score (nSPS) is 16.9. The van der Waals surface area contributed by atoms with E-state index in [9.17, 15) is 14.3 Å². The number of carbonyl (C=O) groups is 1. The van der Waals surface area contributed by atoms with Gasteiger partial charge in [0.1, 0.15) is 12.6 Å². The van der Waals surface area contributed by atoms with Crippen molar-refractivity contribution in [3.05, 3.63) is 0 Å². The zero-order valence-electron chi connectivity index (χ0n) is 16.3. The Kier molecular flexibility index (Phi) is 12.7. The molecule has 0 radical (unpaired) electrons. The lowest BCUT2D eigenvalue weighted by Gasteiger charge is -2.29. The number of phosphoric acid groups is 1. The first-order valence-electron chi connectivity index (χ1n) is 8.94. The Balaban J connectivity index is 4.75. The summed E-state index contributed by atoms with van der Waals surface area (Å²) >= 11 is 0. The summed E-state index contributed by atoms with van der Waals surface area (Å²) in [5.41, 5.74) is 0. The highest BCUT2D eigenvalue weighted by Crippen LogP contribution is 2.45. The number of Topliss-reactive ketones (excluding diaryl/α,β-unsaturated/α-hetero) is 1. The number of hydrogen-bond acceptors (Lipinski definition) is 7. The molecular weight excluding hydrogens is 365 g/mol. The maximum Gasteiger partial charge on any atom is 0.473 e. The van der Waals surface area contributed by atoms with Gasteiger partial charge in [-0.3, -0.25) is 19.1 Å². The van der Waals surface area contributed by atoms with Gasteiger partial charge >= 0.3 is 7.82 Å². The number of hydrogen-bond donors (Lipinski definition) is 3. The summed E-state index contributed by atoms with van der Waals surface area (Å²) in [6.45, 7) is 1.17. The van der Waals surface area contributed by atoms with E-state index in [1.165, 1.54) is 0 Å². The molecule has 0 spiro atoms. The predicted molar refractivity (Wildman–Crippen MR) is 96.5 cm³/mol. The van der Waals surface area contributed by atoms with Crippen LogP contribution in [0.5, 0.6) is 0 Å². The second-order valence-corrected chi connectivity index (χ2v) is 8.78. The minimum absolute atomic E-state index is 0.210. The van der Waals surface area contributed by atoms with Crippen LogP contribution in [0.2, 0.25) is 0 Å². The Morgan fingerprint density at radius 1 is 1.15 bits per heavy atom. The number of rotatable bonds is 16. The molecular formula is C16H35NO8P+. The second kappa shape index (κ2) is 12.9. The minimum Gasteiger partial charge on any atom is -0.393 e. The van der Waals surface area contributed by atoms with Crippen molar-refractivity contribution >= 4 is 13.6 Å². The van der Waals surface area contributed by atoms with Crippen LogP contribution in [0.1, 0.15) is 45.4 Å². The fourth-order valence-corrected chi connectivity index (χ4v) is 3.16. The Hall–Kier alpha value is -0.380. The van der Waals surface area contributed by atoms with Crippen molar-refractivity contribution < 1.29 is 43.0 Å². The molecule has 0 amide bonds. The average Bonchev–Trinajstić information content (AvgIpc) is 2.53. The van der Waals surface area contributed by atoms with Crippen molar-refractivity contribution in [3.63, 3.8) is 0 Å². The number of carbonyl (C=O) groups excluding carboxylic acids is 1. The van der Waals surface area contributed by atoms with E-state index in [0.29, 0.717) is 10.9 Å². The zero-order chi connectivity index (χ0) is 20.2. The molecule has 0 bridgehead atoms. The van der Waals surface area contributed by atoms with Crippen LogP contribution in [-0.4, -0.2) is 78.6 Å². The van der Waals surface area contributed by atoms with Gasteiger partial charge in [-0.05, 0) is 6.42 Å². The van der Waals surface area contributed by atoms with Crippen LogP contribution in [0.3, 0.4) is 0 Å². The highest BCUT2D eigenvalue weighted by atomic mass is 31.2. The molecule has 0 fully saturated rings. The van der Waals surface area contributed by atoms with Crippen molar-refractivity contribution in [2.24, 2.45) is 0 Å². The standard InChI is InChI=1S/C16H34NO8P/c1-5-6-7-8-9-10-15(19)16(11-17(2,3)4)25-26(21,22)23-13-14(12-18)24-20/h14,16,18H,5-13H2,1-4H3,(H-,20,21,22)/p+1/t14-,16?/m1/s1. The lowest BCUT2D eigenvalue weighted by molar-refractivity contribution is -0.872. The summed E-state index contributed by atoms with van der Waals surface area (Å²) in [4.78, 5) is 26.2. The lowest BCUT2D eigenvalue weighted by atomic mass is 10.1. The van der Waals surface area contributed by atoms with Gasteiger partial charge in [-0.1, -0.05) is 32.6 Å². The largest absolute Gasteiger partial charge is 0.473 e. The summed E-state index contributed by atoms with van der Waals surface area (Å²) in [6, 6.07) is 0. The lowest BCUT2D eigenvalue weighted by Crippen LogP contribution is -2.45. The Labute approximate surface area is 156 Å². The first-order chi connectivity index (χ1) is 12.0. The van der Waals surface area contributed by atoms with E-state index in [4.69, 9.17) is 19.4 Å². The van der Waals surface area contributed by atoms with E-state index in [1.807, 2.05) is 21.1 Å². The summed E-state index contributed by atoms with van der Waals surface area (Å²) in [5, 5.41) is 17.4. The summed E-state index contributed by atoms with van der Waals surface area (Å²) in [6.07, 6.45) is 2.92. The molecule has 156 valence electrons. The molecule has 0 rings (SSSR count). The molecule has 0 aromatic rings. The van der Waals surface area contributed by atoms with E-state index >= 15 is 0 Å². The molecule has 0 saturated carbocycles. The van der Waals surface area contributed by atoms with Crippen LogP contribution >= 0.6 is 7.82 Å². The zero-order valence-corrected chi connectivity index (χ0v) is 17.2. The number of ketones is 1. The Bertz CT molecular complexity index is 436.